The standard InChI is InChI=1S/C12H20N4O/c1-3-9(2)7-14-11(17)10-8-16-6-4-5-13-12(16)15-10/h8-9H,3-7H2,1-2H3,(H,13,15)(H,14,17). The van der Waals surface area contributed by atoms with E-state index in [1.165, 1.54) is 0 Å². The molecule has 0 aliphatic carbocycles. The van der Waals surface area contributed by atoms with Crippen molar-refractivity contribution in [2.24, 2.45) is 5.92 Å². The molecule has 1 atom stereocenters. The van der Waals surface area contributed by atoms with Gasteiger partial charge in [-0.1, -0.05) is 20.3 Å². The third-order valence-corrected chi connectivity index (χ3v) is 3.18. The second kappa shape index (κ2) is 5.21. The van der Waals surface area contributed by atoms with E-state index in [1.54, 1.807) is 0 Å². The van der Waals surface area contributed by atoms with E-state index in [-0.39, 0.29) is 5.91 Å². The third kappa shape index (κ3) is 2.78. The highest BCUT2D eigenvalue weighted by molar-refractivity contribution is 5.92. The summed E-state index contributed by atoms with van der Waals surface area (Å²) in [5, 5.41) is 6.10. The van der Waals surface area contributed by atoms with E-state index >= 15 is 0 Å². The van der Waals surface area contributed by atoms with Gasteiger partial charge >= 0.3 is 0 Å². The topological polar surface area (TPSA) is 59.0 Å². The van der Waals surface area contributed by atoms with Gasteiger partial charge in [0.2, 0.25) is 5.95 Å². The van der Waals surface area contributed by atoms with Crippen molar-refractivity contribution in [2.75, 3.05) is 18.4 Å². The Morgan fingerprint density at radius 2 is 2.53 bits per heavy atom. The molecule has 2 heterocycles. The quantitative estimate of drug-likeness (QED) is 0.832. The Morgan fingerprint density at radius 3 is 3.24 bits per heavy atom. The molecule has 0 fully saturated rings. The zero-order valence-corrected chi connectivity index (χ0v) is 10.5. The molecule has 1 aliphatic heterocycles. The highest BCUT2D eigenvalue weighted by Gasteiger charge is 2.16. The number of fused-ring (bicyclic) bond motifs is 1. The van der Waals surface area contributed by atoms with Crippen molar-refractivity contribution in [3.05, 3.63) is 11.9 Å². The second-order valence-corrected chi connectivity index (χ2v) is 4.65. The molecule has 2 rings (SSSR count). The maximum Gasteiger partial charge on any atom is 0.271 e. The molecule has 5 nitrogen and oxygen atoms in total. The van der Waals surface area contributed by atoms with E-state index in [0.29, 0.717) is 18.2 Å². The fourth-order valence-electron chi connectivity index (χ4n) is 1.79. The molecule has 94 valence electrons. The van der Waals surface area contributed by atoms with Crippen LogP contribution in [0, 0.1) is 5.92 Å². The first-order valence-electron chi connectivity index (χ1n) is 6.30. The van der Waals surface area contributed by atoms with Crippen molar-refractivity contribution < 1.29 is 4.79 Å². The van der Waals surface area contributed by atoms with Crippen molar-refractivity contribution in [1.29, 1.82) is 0 Å². The van der Waals surface area contributed by atoms with E-state index in [9.17, 15) is 4.79 Å². The number of nitrogens with one attached hydrogen (secondary N) is 2. The monoisotopic (exact) mass is 236 g/mol. The Balaban J connectivity index is 1.97. The van der Waals surface area contributed by atoms with Gasteiger partial charge in [-0.2, -0.15) is 0 Å². The lowest BCUT2D eigenvalue weighted by Crippen LogP contribution is -2.28. The van der Waals surface area contributed by atoms with Gasteiger partial charge in [-0.25, -0.2) is 4.98 Å². The Hall–Kier alpha value is -1.52. The number of amides is 1. The van der Waals surface area contributed by atoms with Crippen LogP contribution in [0.25, 0.3) is 0 Å². The molecule has 0 saturated heterocycles. The van der Waals surface area contributed by atoms with E-state index < -0.39 is 0 Å². The maximum absolute atomic E-state index is 11.9. The van der Waals surface area contributed by atoms with Crippen LogP contribution in [0.1, 0.15) is 37.2 Å². The number of nitrogens with zero attached hydrogens (tertiary/aromatic N) is 2. The second-order valence-electron chi connectivity index (χ2n) is 4.65. The molecule has 1 amide bonds. The van der Waals surface area contributed by atoms with Gasteiger partial charge in [0.05, 0.1) is 0 Å². The maximum atomic E-state index is 11.9. The van der Waals surface area contributed by atoms with Crippen LogP contribution in [0.2, 0.25) is 0 Å². The van der Waals surface area contributed by atoms with Crippen LogP contribution in [0.5, 0.6) is 0 Å². The molecule has 0 spiro atoms. The van der Waals surface area contributed by atoms with Gasteiger partial charge < -0.3 is 15.2 Å². The highest BCUT2D eigenvalue weighted by Crippen LogP contribution is 2.13. The van der Waals surface area contributed by atoms with Gasteiger partial charge in [0, 0.05) is 25.8 Å². The molecule has 0 aromatic carbocycles. The molecule has 1 unspecified atom stereocenters. The van der Waals surface area contributed by atoms with Crippen molar-refractivity contribution in [1.82, 2.24) is 14.9 Å². The number of rotatable bonds is 4. The summed E-state index contributed by atoms with van der Waals surface area (Å²) in [6, 6.07) is 0. The first kappa shape index (κ1) is 12.0. The van der Waals surface area contributed by atoms with Gasteiger partial charge in [0.1, 0.15) is 5.69 Å². The number of aromatic nitrogens is 2. The summed E-state index contributed by atoms with van der Waals surface area (Å²) in [4.78, 5) is 16.2. The largest absolute Gasteiger partial charge is 0.356 e. The summed E-state index contributed by atoms with van der Waals surface area (Å²) in [5.41, 5.74) is 0.512. The molecule has 0 bridgehead atoms. The summed E-state index contributed by atoms with van der Waals surface area (Å²) in [7, 11) is 0. The fraction of sp³-hybridized carbons (Fsp3) is 0.667. The van der Waals surface area contributed by atoms with E-state index in [1.807, 2.05) is 10.8 Å². The van der Waals surface area contributed by atoms with Gasteiger partial charge in [0.25, 0.3) is 5.91 Å². The van der Waals surface area contributed by atoms with Crippen LogP contribution in [-0.4, -0.2) is 28.5 Å². The number of hydrogen-bond donors (Lipinski definition) is 2. The van der Waals surface area contributed by atoms with Crippen LogP contribution >= 0.6 is 0 Å². The Kier molecular flexibility index (Phi) is 3.66. The van der Waals surface area contributed by atoms with E-state index in [0.717, 1.165) is 31.9 Å². The number of aryl methyl sites for hydroxylation is 1. The van der Waals surface area contributed by atoms with E-state index in [2.05, 4.69) is 29.5 Å². The van der Waals surface area contributed by atoms with Crippen LogP contribution in [0.3, 0.4) is 0 Å². The summed E-state index contributed by atoms with van der Waals surface area (Å²) in [6.45, 7) is 6.83. The number of imidazole rings is 1. The number of anilines is 1. The van der Waals surface area contributed by atoms with Crippen molar-refractivity contribution in [3.8, 4) is 0 Å². The molecule has 5 heteroatoms. The molecule has 1 aliphatic rings. The molecule has 1 aromatic heterocycles. The zero-order valence-electron chi connectivity index (χ0n) is 10.5. The van der Waals surface area contributed by atoms with Gasteiger partial charge in [-0.15, -0.1) is 0 Å². The van der Waals surface area contributed by atoms with Crippen LogP contribution in [0.15, 0.2) is 6.20 Å². The first-order chi connectivity index (χ1) is 8.20. The lowest BCUT2D eigenvalue weighted by molar-refractivity contribution is 0.0943. The van der Waals surface area contributed by atoms with Gasteiger partial charge in [-0.3, -0.25) is 4.79 Å². The number of carbonyl (C=O) groups is 1. The smallest absolute Gasteiger partial charge is 0.271 e. The fourth-order valence-corrected chi connectivity index (χ4v) is 1.79. The van der Waals surface area contributed by atoms with Crippen molar-refractivity contribution in [3.63, 3.8) is 0 Å². The minimum atomic E-state index is -0.0750. The average Bonchev–Trinajstić information content (AvgIpc) is 2.79. The molecule has 0 radical (unpaired) electrons. The molecule has 1 aromatic rings. The zero-order chi connectivity index (χ0) is 12.3. The average molecular weight is 236 g/mol. The van der Waals surface area contributed by atoms with Gasteiger partial charge in [0.15, 0.2) is 0 Å². The lowest BCUT2D eigenvalue weighted by atomic mass is 10.1. The number of carbonyl (C=O) groups excluding carboxylic acids is 1. The molecule has 0 saturated carbocycles. The predicted octanol–water partition coefficient (Wildman–Crippen LogP) is 1.47. The lowest BCUT2D eigenvalue weighted by Gasteiger charge is -2.14. The van der Waals surface area contributed by atoms with Gasteiger partial charge in [-0.05, 0) is 12.3 Å². The first-order valence-corrected chi connectivity index (χ1v) is 6.30. The normalized spacial score (nSPS) is 15.9. The van der Waals surface area contributed by atoms with Crippen LogP contribution < -0.4 is 10.6 Å². The van der Waals surface area contributed by atoms with Crippen molar-refractivity contribution >= 4 is 11.9 Å². The summed E-state index contributed by atoms with van der Waals surface area (Å²) < 4.78 is 2.00. The molecule has 2 N–H and O–H groups in total. The Bertz CT molecular complexity index is 376. The molecule has 17 heavy (non-hydrogen) atoms. The van der Waals surface area contributed by atoms with Crippen LogP contribution in [0.4, 0.5) is 5.95 Å². The van der Waals surface area contributed by atoms with Crippen molar-refractivity contribution in [2.45, 2.75) is 33.2 Å². The minimum absolute atomic E-state index is 0.0750. The van der Waals surface area contributed by atoms with Crippen LogP contribution in [-0.2, 0) is 6.54 Å². The molecular formula is C12H20N4O. The summed E-state index contributed by atoms with van der Waals surface area (Å²) in [6.07, 6.45) is 3.98. The SMILES string of the molecule is CCC(C)CNC(=O)c1cn2c(n1)NCCC2. The van der Waals surface area contributed by atoms with E-state index in [4.69, 9.17) is 0 Å². The third-order valence-electron chi connectivity index (χ3n) is 3.18. The Labute approximate surface area is 102 Å². The summed E-state index contributed by atoms with van der Waals surface area (Å²) >= 11 is 0. The minimum Gasteiger partial charge on any atom is -0.356 e. The number of hydrogen-bond acceptors (Lipinski definition) is 3. The molecular weight excluding hydrogens is 216 g/mol. The Morgan fingerprint density at radius 1 is 1.71 bits per heavy atom. The summed E-state index contributed by atoms with van der Waals surface area (Å²) in [5.74, 6) is 1.24. The predicted molar refractivity (Wildman–Crippen MR) is 67.1 cm³/mol. The highest BCUT2D eigenvalue weighted by atomic mass is 16.1.